The molecule has 0 bridgehead atoms. The SMILES string of the molecule is CC(=O)C1=C(NC(=O)C(Cl)(Cl)Cl)C[C@@H]2[C@H]1C2(C)C. The third-order valence-corrected chi connectivity index (χ3v) is 4.53. The second kappa shape index (κ2) is 4.12. The lowest BCUT2D eigenvalue weighted by Gasteiger charge is -2.17. The molecular weight excluding hydrogens is 296 g/mol. The summed E-state index contributed by atoms with van der Waals surface area (Å²) in [6.07, 6.45) is 0.666. The lowest BCUT2D eigenvalue weighted by atomic mass is 9.96. The van der Waals surface area contributed by atoms with Gasteiger partial charge in [0.05, 0.1) is 0 Å². The predicted octanol–water partition coefficient (Wildman–Crippen LogP) is 2.99. The molecule has 1 fully saturated rings. The van der Waals surface area contributed by atoms with Gasteiger partial charge in [-0.25, -0.2) is 0 Å². The summed E-state index contributed by atoms with van der Waals surface area (Å²) in [5.41, 5.74) is 1.44. The Morgan fingerprint density at radius 2 is 1.89 bits per heavy atom. The maximum atomic E-state index is 11.7. The van der Waals surface area contributed by atoms with Gasteiger partial charge in [0.25, 0.3) is 9.70 Å². The van der Waals surface area contributed by atoms with Gasteiger partial charge in [-0.1, -0.05) is 48.7 Å². The fourth-order valence-electron chi connectivity index (χ4n) is 2.97. The number of carbonyl (C=O) groups excluding carboxylic acids is 2. The van der Waals surface area contributed by atoms with Crippen LogP contribution in [0, 0.1) is 17.3 Å². The number of Topliss-reactive ketones (excluding diaryl/α,β-unsaturated/α-hetero) is 1. The van der Waals surface area contributed by atoms with Gasteiger partial charge in [-0.15, -0.1) is 0 Å². The van der Waals surface area contributed by atoms with E-state index in [1.54, 1.807) is 0 Å². The molecule has 0 aliphatic heterocycles. The van der Waals surface area contributed by atoms with Crippen LogP contribution in [0.5, 0.6) is 0 Å². The van der Waals surface area contributed by atoms with E-state index in [1.165, 1.54) is 6.92 Å². The number of alkyl halides is 3. The molecule has 18 heavy (non-hydrogen) atoms. The van der Waals surface area contributed by atoms with Crippen molar-refractivity contribution in [2.24, 2.45) is 17.3 Å². The molecule has 1 saturated carbocycles. The number of carbonyl (C=O) groups is 2. The molecule has 1 N–H and O–H groups in total. The minimum Gasteiger partial charge on any atom is -0.326 e. The number of ketones is 1. The molecule has 2 atom stereocenters. The number of hydrogen-bond acceptors (Lipinski definition) is 2. The number of rotatable bonds is 2. The summed E-state index contributed by atoms with van der Waals surface area (Å²) in [6, 6.07) is 0. The summed E-state index contributed by atoms with van der Waals surface area (Å²) in [7, 11) is 0. The van der Waals surface area contributed by atoms with Crippen LogP contribution in [0.1, 0.15) is 27.2 Å². The molecule has 0 aromatic carbocycles. The fraction of sp³-hybridized carbons (Fsp3) is 0.667. The number of amides is 1. The average molecular weight is 311 g/mol. The van der Waals surface area contributed by atoms with Crippen LogP contribution in [0.15, 0.2) is 11.3 Å². The summed E-state index contributed by atoms with van der Waals surface area (Å²) in [5.74, 6) is -0.101. The summed E-state index contributed by atoms with van der Waals surface area (Å²) >= 11 is 16.5. The maximum Gasteiger partial charge on any atom is 0.276 e. The molecular formula is C12H14Cl3NO2. The van der Waals surface area contributed by atoms with E-state index in [9.17, 15) is 9.59 Å². The van der Waals surface area contributed by atoms with E-state index in [0.29, 0.717) is 23.6 Å². The van der Waals surface area contributed by atoms with Crippen molar-refractivity contribution in [2.75, 3.05) is 0 Å². The molecule has 3 nitrogen and oxygen atoms in total. The quantitative estimate of drug-likeness (QED) is 0.797. The zero-order valence-electron chi connectivity index (χ0n) is 10.3. The van der Waals surface area contributed by atoms with Gasteiger partial charge in [0.2, 0.25) is 0 Å². The van der Waals surface area contributed by atoms with Crippen LogP contribution in [0.3, 0.4) is 0 Å². The van der Waals surface area contributed by atoms with Crippen molar-refractivity contribution in [3.05, 3.63) is 11.3 Å². The zero-order chi connectivity index (χ0) is 13.9. The Balaban J connectivity index is 2.23. The monoisotopic (exact) mass is 309 g/mol. The van der Waals surface area contributed by atoms with Gasteiger partial charge in [-0.2, -0.15) is 0 Å². The smallest absolute Gasteiger partial charge is 0.276 e. The van der Waals surface area contributed by atoms with Crippen LogP contribution in [-0.4, -0.2) is 15.5 Å². The standard InChI is InChI=1S/C12H14Cl3NO2/c1-5(17)8-7(16-10(18)12(13,14)15)4-6-9(8)11(6,2)3/h6,9H,4H2,1-3H3,(H,16,18)/t6-,9-/m1/s1. The Hall–Kier alpha value is -0.250. The first-order valence-corrected chi connectivity index (χ1v) is 6.82. The van der Waals surface area contributed by atoms with Gasteiger partial charge in [0.1, 0.15) is 0 Å². The molecule has 0 unspecified atom stereocenters. The van der Waals surface area contributed by atoms with Crippen molar-refractivity contribution in [3.63, 3.8) is 0 Å². The average Bonchev–Trinajstić information content (AvgIpc) is 2.59. The van der Waals surface area contributed by atoms with Gasteiger partial charge in [-0.05, 0) is 30.6 Å². The number of hydrogen-bond donors (Lipinski definition) is 1. The molecule has 0 heterocycles. The highest BCUT2D eigenvalue weighted by Gasteiger charge is 2.64. The van der Waals surface area contributed by atoms with Crippen LogP contribution < -0.4 is 5.32 Å². The fourth-order valence-corrected chi connectivity index (χ4v) is 3.12. The Bertz CT molecular complexity index is 462. The Morgan fingerprint density at radius 3 is 2.33 bits per heavy atom. The summed E-state index contributed by atoms with van der Waals surface area (Å²) in [5, 5.41) is 2.57. The molecule has 0 saturated heterocycles. The van der Waals surface area contributed by atoms with Crippen LogP contribution in [0.4, 0.5) is 0 Å². The molecule has 100 valence electrons. The minimum absolute atomic E-state index is 0.0207. The van der Waals surface area contributed by atoms with Crippen molar-refractivity contribution < 1.29 is 9.59 Å². The third kappa shape index (κ3) is 2.17. The van der Waals surface area contributed by atoms with Gasteiger partial charge in [0, 0.05) is 11.3 Å². The first-order valence-electron chi connectivity index (χ1n) is 5.69. The lowest BCUT2D eigenvalue weighted by molar-refractivity contribution is -0.119. The topological polar surface area (TPSA) is 46.2 Å². The Morgan fingerprint density at radius 1 is 1.33 bits per heavy atom. The van der Waals surface area contributed by atoms with E-state index in [-0.39, 0.29) is 17.1 Å². The molecule has 2 aliphatic rings. The number of allylic oxidation sites excluding steroid dienone is 2. The van der Waals surface area contributed by atoms with Gasteiger partial charge in [0.15, 0.2) is 5.78 Å². The van der Waals surface area contributed by atoms with E-state index >= 15 is 0 Å². The normalized spacial score (nSPS) is 29.0. The zero-order valence-corrected chi connectivity index (χ0v) is 12.6. The van der Waals surface area contributed by atoms with Crippen molar-refractivity contribution in [3.8, 4) is 0 Å². The Kier molecular flexibility index (Phi) is 3.24. The first-order chi connectivity index (χ1) is 8.06. The lowest BCUT2D eigenvalue weighted by Crippen LogP contribution is -2.35. The van der Waals surface area contributed by atoms with Crippen molar-refractivity contribution in [1.82, 2.24) is 5.32 Å². The highest BCUT2D eigenvalue weighted by Crippen LogP contribution is 2.68. The van der Waals surface area contributed by atoms with Crippen molar-refractivity contribution in [2.45, 2.75) is 31.0 Å². The van der Waals surface area contributed by atoms with E-state index in [4.69, 9.17) is 34.8 Å². The molecule has 0 aromatic heterocycles. The van der Waals surface area contributed by atoms with Crippen LogP contribution in [0.2, 0.25) is 0 Å². The van der Waals surface area contributed by atoms with Gasteiger partial charge in [-0.3, -0.25) is 9.59 Å². The van der Waals surface area contributed by atoms with E-state index in [0.717, 1.165) is 0 Å². The van der Waals surface area contributed by atoms with Crippen LogP contribution >= 0.6 is 34.8 Å². The first kappa shape index (κ1) is 14.2. The number of halogens is 3. The number of nitrogens with one attached hydrogen (secondary N) is 1. The maximum absolute atomic E-state index is 11.7. The Labute approximate surface area is 121 Å². The van der Waals surface area contributed by atoms with E-state index in [2.05, 4.69) is 19.2 Å². The van der Waals surface area contributed by atoms with Gasteiger partial charge < -0.3 is 5.32 Å². The van der Waals surface area contributed by atoms with E-state index in [1.807, 2.05) is 0 Å². The summed E-state index contributed by atoms with van der Waals surface area (Å²) < 4.78 is -2.00. The summed E-state index contributed by atoms with van der Waals surface area (Å²) in [4.78, 5) is 23.3. The molecule has 1 amide bonds. The largest absolute Gasteiger partial charge is 0.326 e. The molecule has 2 aliphatic carbocycles. The van der Waals surface area contributed by atoms with Crippen LogP contribution in [0.25, 0.3) is 0 Å². The third-order valence-electron chi connectivity index (χ3n) is 4.01. The van der Waals surface area contributed by atoms with Crippen LogP contribution in [-0.2, 0) is 9.59 Å². The molecule has 0 spiro atoms. The molecule has 6 heteroatoms. The molecule has 0 aromatic rings. The van der Waals surface area contributed by atoms with Crippen molar-refractivity contribution in [1.29, 1.82) is 0 Å². The van der Waals surface area contributed by atoms with Crippen molar-refractivity contribution >= 4 is 46.5 Å². The highest BCUT2D eigenvalue weighted by molar-refractivity contribution is 6.76. The summed E-state index contributed by atoms with van der Waals surface area (Å²) in [6.45, 7) is 5.76. The van der Waals surface area contributed by atoms with Gasteiger partial charge >= 0.3 is 0 Å². The molecule has 0 radical (unpaired) electrons. The highest BCUT2D eigenvalue weighted by atomic mass is 35.6. The predicted molar refractivity (Wildman–Crippen MR) is 71.5 cm³/mol. The number of fused-ring (bicyclic) bond motifs is 1. The second-order valence-electron chi connectivity index (χ2n) is 5.51. The second-order valence-corrected chi connectivity index (χ2v) is 7.79. The minimum atomic E-state index is -2.00. The molecule has 2 rings (SSSR count). The van der Waals surface area contributed by atoms with E-state index < -0.39 is 9.70 Å².